The van der Waals surface area contributed by atoms with Crippen LogP contribution in [0.15, 0.2) is 23.2 Å². The lowest BCUT2D eigenvalue weighted by Gasteiger charge is -2.12. The lowest BCUT2D eigenvalue weighted by molar-refractivity contribution is 0.217. The molecule has 0 aliphatic heterocycles. The summed E-state index contributed by atoms with van der Waals surface area (Å²) >= 11 is 0. The number of carbonyl (C=O) groups is 1. The van der Waals surface area contributed by atoms with Gasteiger partial charge in [-0.25, -0.2) is 22.9 Å². The molecule has 1 aromatic rings. The molecule has 0 aliphatic carbocycles. The number of hydrogen-bond acceptors (Lipinski definition) is 5. The van der Waals surface area contributed by atoms with Crippen molar-refractivity contribution in [1.29, 1.82) is 0 Å². The van der Waals surface area contributed by atoms with Gasteiger partial charge in [0.2, 0.25) is 10.0 Å². The molecule has 9 heteroatoms. The van der Waals surface area contributed by atoms with E-state index in [2.05, 4.69) is 15.0 Å². The largest absolute Gasteiger partial charge is 0.383 e. The zero-order valence-corrected chi connectivity index (χ0v) is 11.6. The number of aromatic nitrogens is 1. The van der Waals surface area contributed by atoms with Gasteiger partial charge in [0.05, 0.1) is 0 Å². The molecule has 0 fully saturated rings. The highest BCUT2D eigenvalue weighted by Crippen LogP contribution is 2.13. The molecule has 0 saturated carbocycles. The van der Waals surface area contributed by atoms with Gasteiger partial charge in [-0.3, -0.25) is 0 Å². The van der Waals surface area contributed by atoms with Crippen LogP contribution in [0.1, 0.15) is 0 Å². The number of urea groups is 1. The number of amides is 2. The van der Waals surface area contributed by atoms with Crippen LogP contribution in [-0.4, -0.2) is 51.5 Å². The van der Waals surface area contributed by atoms with Crippen LogP contribution in [0.2, 0.25) is 0 Å². The maximum Gasteiger partial charge on any atom is 0.316 e. The number of pyridine rings is 1. The Morgan fingerprint density at radius 3 is 2.68 bits per heavy atom. The van der Waals surface area contributed by atoms with Crippen LogP contribution in [0.3, 0.4) is 0 Å². The van der Waals surface area contributed by atoms with Gasteiger partial charge in [0.15, 0.2) is 0 Å². The van der Waals surface area contributed by atoms with E-state index in [0.29, 0.717) is 0 Å². The molecule has 0 unspecified atom stereocenters. The SMILES string of the molecule is CN(C)C(=O)NCCNS(=O)(=O)c1cccnc1N. The minimum Gasteiger partial charge on any atom is -0.383 e. The molecule has 0 bridgehead atoms. The molecule has 0 aliphatic rings. The predicted octanol–water partition coefficient (Wildman–Crippen LogP) is -0.787. The summed E-state index contributed by atoms with van der Waals surface area (Å²) < 4.78 is 26.1. The summed E-state index contributed by atoms with van der Waals surface area (Å²) in [4.78, 5) is 16.2. The monoisotopic (exact) mass is 287 g/mol. The van der Waals surface area contributed by atoms with Crippen molar-refractivity contribution in [3.8, 4) is 0 Å². The average Bonchev–Trinajstić information content (AvgIpc) is 2.34. The lowest BCUT2D eigenvalue weighted by atomic mass is 10.5. The first kappa shape index (κ1) is 15.2. The van der Waals surface area contributed by atoms with Crippen molar-refractivity contribution in [3.05, 3.63) is 18.3 Å². The number of nitrogens with zero attached hydrogens (tertiary/aromatic N) is 2. The van der Waals surface area contributed by atoms with E-state index in [9.17, 15) is 13.2 Å². The molecule has 1 rings (SSSR count). The fourth-order valence-electron chi connectivity index (χ4n) is 1.22. The van der Waals surface area contributed by atoms with Crippen LogP contribution in [0.4, 0.5) is 10.6 Å². The number of sulfonamides is 1. The predicted molar refractivity (Wildman–Crippen MR) is 70.9 cm³/mol. The van der Waals surface area contributed by atoms with E-state index in [1.807, 2.05) is 0 Å². The Labute approximate surface area is 112 Å². The first-order chi connectivity index (χ1) is 8.84. The topological polar surface area (TPSA) is 117 Å². The van der Waals surface area contributed by atoms with Crippen molar-refractivity contribution < 1.29 is 13.2 Å². The number of anilines is 1. The third-order valence-corrected chi connectivity index (χ3v) is 3.70. The van der Waals surface area contributed by atoms with Crippen molar-refractivity contribution in [2.24, 2.45) is 0 Å². The molecule has 2 amide bonds. The van der Waals surface area contributed by atoms with Crippen molar-refractivity contribution in [2.45, 2.75) is 4.90 Å². The van der Waals surface area contributed by atoms with Crippen molar-refractivity contribution in [2.75, 3.05) is 32.9 Å². The van der Waals surface area contributed by atoms with E-state index in [-0.39, 0.29) is 29.8 Å². The van der Waals surface area contributed by atoms with Crippen molar-refractivity contribution in [1.82, 2.24) is 19.9 Å². The number of rotatable bonds is 5. The van der Waals surface area contributed by atoms with Crippen LogP contribution in [0, 0.1) is 0 Å². The van der Waals surface area contributed by atoms with Gasteiger partial charge in [-0.15, -0.1) is 0 Å². The summed E-state index contributed by atoms with van der Waals surface area (Å²) in [6, 6.07) is 2.56. The number of carbonyl (C=O) groups excluding carboxylic acids is 1. The summed E-state index contributed by atoms with van der Waals surface area (Å²) in [5, 5.41) is 2.53. The van der Waals surface area contributed by atoms with Crippen LogP contribution in [-0.2, 0) is 10.0 Å². The fourth-order valence-corrected chi connectivity index (χ4v) is 2.33. The molecule has 106 valence electrons. The van der Waals surface area contributed by atoms with E-state index in [0.717, 1.165) is 0 Å². The van der Waals surface area contributed by atoms with E-state index < -0.39 is 10.0 Å². The molecular weight excluding hydrogens is 270 g/mol. The van der Waals surface area contributed by atoms with E-state index in [1.54, 1.807) is 14.1 Å². The summed E-state index contributed by atoms with van der Waals surface area (Å²) in [6.45, 7) is 0.243. The van der Waals surface area contributed by atoms with E-state index in [1.165, 1.54) is 23.2 Å². The van der Waals surface area contributed by atoms with Gasteiger partial charge in [-0.05, 0) is 12.1 Å². The first-order valence-corrected chi connectivity index (χ1v) is 6.98. The van der Waals surface area contributed by atoms with Gasteiger partial charge < -0.3 is 16.0 Å². The Morgan fingerprint density at radius 1 is 1.42 bits per heavy atom. The highest BCUT2D eigenvalue weighted by atomic mass is 32.2. The van der Waals surface area contributed by atoms with Crippen molar-refractivity contribution >= 4 is 21.9 Å². The third-order valence-electron chi connectivity index (χ3n) is 2.19. The van der Waals surface area contributed by atoms with E-state index >= 15 is 0 Å². The number of nitrogen functional groups attached to an aromatic ring is 1. The standard InChI is InChI=1S/C10H17N5O3S/c1-15(2)10(16)13-6-7-14-19(17,18)8-4-3-5-12-9(8)11/h3-5,14H,6-7H2,1-2H3,(H2,11,12)(H,13,16). The molecule has 0 spiro atoms. The molecule has 4 N–H and O–H groups in total. The zero-order chi connectivity index (χ0) is 14.5. The molecule has 0 atom stereocenters. The quantitative estimate of drug-likeness (QED) is 0.614. The van der Waals surface area contributed by atoms with Crippen molar-refractivity contribution in [3.63, 3.8) is 0 Å². The van der Waals surface area contributed by atoms with Gasteiger partial charge in [0, 0.05) is 33.4 Å². The average molecular weight is 287 g/mol. The highest BCUT2D eigenvalue weighted by Gasteiger charge is 2.17. The summed E-state index contributed by atoms with van der Waals surface area (Å²) in [5.74, 6) is -0.0627. The van der Waals surface area contributed by atoms with E-state index in [4.69, 9.17) is 5.73 Å². The fraction of sp³-hybridized carbons (Fsp3) is 0.400. The Kier molecular flexibility index (Phi) is 5.07. The van der Waals surface area contributed by atoms with Gasteiger partial charge >= 0.3 is 6.03 Å². The number of nitrogens with one attached hydrogen (secondary N) is 2. The lowest BCUT2D eigenvalue weighted by Crippen LogP contribution is -2.39. The Morgan fingerprint density at radius 2 is 2.11 bits per heavy atom. The Bertz CT molecular complexity index is 544. The molecule has 19 heavy (non-hydrogen) atoms. The van der Waals surface area contributed by atoms with Gasteiger partial charge in [-0.1, -0.05) is 0 Å². The Balaban J connectivity index is 2.53. The first-order valence-electron chi connectivity index (χ1n) is 5.50. The maximum atomic E-state index is 11.9. The van der Waals surface area contributed by atoms with Gasteiger partial charge in [0.1, 0.15) is 10.7 Å². The smallest absolute Gasteiger partial charge is 0.316 e. The number of hydrogen-bond donors (Lipinski definition) is 3. The maximum absolute atomic E-state index is 11.9. The minimum absolute atomic E-state index is 0.0627. The molecule has 0 aromatic carbocycles. The second kappa shape index (κ2) is 6.34. The molecular formula is C10H17N5O3S. The Hall–Kier alpha value is -1.87. The van der Waals surface area contributed by atoms with Crippen LogP contribution in [0.5, 0.6) is 0 Å². The summed E-state index contributed by atoms with van der Waals surface area (Å²) in [7, 11) is -0.525. The second-order valence-electron chi connectivity index (χ2n) is 3.91. The molecule has 1 heterocycles. The number of nitrogens with two attached hydrogens (primary N) is 1. The highest BCUT2D eigenvalue weighted by molar-refractivity contribution is 7.89. The van der Waals surface area contributed by atoms with Gasteiger partial charge in [0.25, 0.3) is 0 Å². The van der Waals surface area contributed by atoms with Gasteiger partial charge in [-0.2, -0.15) is 0 Å². The second-order valence-corrected chi connectivity index (χ2v) is 5.65. The zero-order valence-electron chi connectivity index (χ0n) is 10.8. The minimum atomic E-state index is -3.71. The molecule has 1 aromatic heterocycles. The normalized spacial score (nSPS) is 11.1. The van der Waals surface area contributed by atoms with Crippen LogP contribution in [0.25, 0.3) is 0 Å². The summed E-state index contributed by atoms with van der Waals surface area (Å²) in [6.07, 6.45) is 1.41. The summed E-state index contributed by atoms with van der Waals surface area (Å²) in [5.41, 5.74) is 5.49. The molecule has 0 saturated heterocycles. The van der Waals surface area contributed by atoms with Crippen LogP contribution < -0.4 is 15.8 Å². The molecule has 0 radical (unpaired) electrons. The third kappa shape index (κ3) is 4.38. The molecule has 8 nitrogen and oxygen atoms in total. The van der Waals surface area contributed by atoms with Crippen LogP contribution >= 0.6 is 0 Å².